The third-order valence-corrected chi connectivity index (χ3v) is 3.95. The molecule has 1 heterocycles. The minimum absolute atomic E-state index is 0.317. The molecule has 0 aliphatic rings. The van der Waals surface area contributed by atoms with Crippen LogP contribution < -0.4 is 11.1 Å². The molecule has 1 atom stereocenters. The molecule has 0 aliphatic heterocycles. The number of anilines is 1. The van der Waals surface area contributed by atoms with Gasteiger partial charge >= 0.3 is 0 Å². The maximum absolute atomic E-state index is 5.66. The highest BCUT2D eigenvalue weighted by Crippen LogP contribution is 2.18. The number of benzene rings is 1. The Morgan fingerprint density at radius 1 is 1.33 bits per heavy atom. The van der Waals surface area contributed by atoms with Crippen LogP contribution in [-0.2, 0) is 6.42 Å². The van der Waals surface area contributed by atoms with Crippen LogP contribution in [0.4, 0.5) is 5.69 Å². The maximum Gasteiger partial charge on any atom is 0.109 e. The van der Waals surface area contributed by atoms with Crippen molar-refractivity contribution in [1.29, 1.82) is 0 Å². The number of hydrogen-bond donors (Lipinski definition) is 2. The number of rotatable bonds is 5. The van der Waals surface area contributed by atoms with Gasteiger partial charge in [0.15, 0.2) is 0 Å². The zero-order valence-corrected chi connectivity index (χ0v) is 11.6. The zero-order chi connectivity index (χ0) is 13.0. The number of thiazole rings is 1. The average Bonchev–Trinajstić information content (AvgIpc) is 2.78. The Balaban J connectivity index is 1.80. The molecule has 1 unspecified atom stereocenters. The van der Waals surface area contributed by atoms with Crippen molar-refractivity contribution < 1.29 is 0 Å². The predicted molar refractivity (Wildman–Crippen MR) is 77.8 cm³/mol. The van der Waals surface area contributed by atoms with Crippen LogP contribution in [0, 0.1) is 6.92 Å². The summed E-state index contributed by atoms with van der Waals surface area (Å²) in [5.74, 6) is 0. The number of aryl methyl sites for hydroxylation is 1. The summed E-state index contributed by atoms with van der Waals surface area (Å²) < 4.78 is 0. The van der Waals surface area contributed by atoms with Gasteiger partial charge < -0.3 is 11.1 Å². The summed E-state index contributed by atoms with van der Waals surface area (Å²) in [7, 11) is 0. The second-order valence-corrected chi connectivity index (χ2v) is 5.74. The van der Waals surface area contributed by atoms with Crippen LogP contribution >= 0.6 is 11.3 Å². The normalized spacial score (nSPS) is 12.6. The van der Waals surface area contributed by atoms with E-state index in [0.29, 0.717) is 6.04 Å². The quantitative estimate of drug-likeness (QED) is 0.814. The van der Waals surface area contributed by atoms with Gasteiger partial charge in [-0.05, 0) is 44.5 Å². The van der Waals surface area contributed by atoms with E-state index < -0.39 is 0 Å². The first-order valence-corrected chi connectivity index (χ1v) is 6.97. The fourth-order valence-corrected chi connectivity index (χ4v) is 2.58. The Morgan fingerprint density at radius 3 is 2.67 bits per heavy atom. The van der Waals surface area contributed by atoms with E-state index in [1.807, 2.05) is 18.3 Å². The largest absolute Gasteiger partial charge is 0.399 e. The van der Waals surface area contributed by atoms with E-state index in [4.69, 9.17) is 5.73 Å². The fourth-order valence-electron chi connectivity index (χ4n) is 1.78. The van der Waals surface area contributed by atoms with Crippen LogP contribution in [0.1, 0.15) is 28.4 Å². The number of hydrogen-bond acceptors (Lipinski definition) is 4. The second-order valence-electron chi connectivity index (χ2n) is 4.48. The van der Waals surface area contributed by atoms with Crippen molar-refractivity contribution in [3.05, 3.63) is 45.9 Å². The third kappa shape index (κ3) is 3.55. The highest BCUT2D eigenvalue weighted by atomic mass is 32.1. The van der Waals surface area contributed by atoms with Gasteiger partial charge in [0.1, 0.15) is 5.01 Å². The summed E-state index contributed by atoms with van der Waals surface area (Å²) in [6.45, 7) is 5.19. The van der Waals surface area contributed by atoms with Gasteiger partial charge in [0.05, 0.1) is 6.04 Å². The number of nitrogens with two attached hydrogens (primary N) is 1. The molecule has 0 amide bonds. The van der Waals surface area contributed by atoms with Crippen LogP contribution in [0.2, 0.25) is 0 Å². The molecular formula is C14H19N3S. The zero-order valence-electron chi connectivity index (χ0n) is 10.8. The third-order valence-electron chi connectivity index (χ3n) is 2.85. The van der Waals surface area contributed by atoms with Crippen LogP contribution in [0.5, 0.6) is 0 Å². The van der Waals surface area contributed by atoms with Gasteiger partial charge in [-0.15, -0.1) is 11.3 Å². The first-order chi connectivity index (χ1) is 8.65. The Kier molecular flexibility index (Phi) is 4.33. The van der Waals surface area contributed by atoms with Crippen molar-refractivity contribution in [2.45, 2.75) is 26.3 Å². The van der Waals surface area contributed by atoms with E-state index in [2.05, 4.69) is 36.3 Å². The Labute approximate surface area is 112 Å². The monoisotopic (exact) mass is 261 g/mol. The molecular weight excluding hydrogens is 242 g/mol. The Morgan fingerprint density at radius 2 is 2.06 bits per heavy atom. The highest BCUT2D eigenvalue weighted by Gasteiger charge is 2.08. The van der Waals surface area contributed by atoms with Gasteiger partial charge in [-0.3, -0.25) is 0 Å². The van der Waals surface area contributed by atoms with Crippen LogP contribution in [0.15, 0.2) is 30.5 Å². The van der Waals surface area contributed by atoms with Crippen LogP contribution in [0.25, 0.3) is 0 Å². The molecule has 0 fully saturated rings. The summed E-state index contributed by atoms with van der Waals surface area (Å²) in [6, 6.07) is 8.37. The van der Waals surface area contributed by atoms with E-state index in [1.54, 1.807) is 11.3 Å². The van der Waals surface area contributed by atoms with Crippen molar-refractivity contribution >= 4 is 17.0 Å². The average molecular weight is 261 g/mol. The topological polar surface area (TPSA) is 50.9 Å². The smallest absolute Gasteiger partial charge is 0.109 e. The molecule has 0 aliphatic carbocycles. The summed E-state index contributed by atoms with van der Waals surface area (Å²) in [5, 5.41) is 4.65. The molecule has 0 radical (unpaired) electrons. The maximum atomic E-state index is 5.66. The standard InChI is InChI=1S/C14H19N3S/c1-10-9-17-14(18-10)11(2)16-8-7-12-3-5-13(15)6-4-12/h3-6,9,11,16H,7-8,15H2,1-2H3. The van der Waals surface area contributed by atoms with E-state index >= 15 is 0 Å². The summed E-state index contributed by atoms with van der Waals surface area (Å²) in [6.07, 6.45) is 2.94. The van der Waals surface area contributed by atoms with Gasteiger partial charge in [0.2, 0.25) is 0 Å². The molecule has 1 aromatic heterocycles. The summed E-state index contributed by atoms with van der Waals surface area (Å²) in [4.78, 5) is 5.65. The minimum Gasteiger partial charge on any atom is -0.399 e. The molecule has 1 aromatic carbocycles. The van der Waals surface area contributed by atoms with Crippen molar-refractivity contribution in [3.63, 3.8) is 0 Å². The first kappa shape index (κ1) is 13.1. The molecule has 0 saturated heterocycles. The van der Waals surface area contributed by atoms with E-state index in [1.165, 1.54) is 10.4 Å². The van der Waals surface area contributed by atoms with Crippen molar-refractivity contribution in [2.75, 3.05) is 12.3 Å². The molecule has 0 saturated carbocycles. The van der Waals surface area contributed by atoms with Gasteiger partial charge in [0, 0.05) is 16.8 Å². The lowest BCUT2D eigenvalue weighted by molar-refractivity contribution is 0.574. The number of nitrogens with one attached hydrogen (secondary N) is 1. The molecule has 2 aromatic rings. The Hall–Kier alpha value is -1.39. The first-order valence-electron chi connectivity index (χ1n) is 6.15. The molecule has 96 valence electrons. The van der Waals surface area contributed by atoms with Crippen molar-refractivity contribution in [1.82, 2.24) is 10.3 Å². The molecule has 18 heavy (non-hydrogen) atoms. The van der Waals surface area contributed by atoms with E-state index in [-0.39, 0.29) is 0 Å². The second kappa shape index (κ2) is 5.98. The van der Waals surface area contributed by atoms with Crippen molar-refractivity contribution in [2.24, 2.45) is 0 Å². The lowest BCUT2D eigenvalue weighted by atomic mass is 10.1. The van der Waals surface area contributed by atoms with E-state index in [0.717, 1.165) is 23.7 Å². The summed E-state index contributed by atoms with van der Waals surface area (Å²) in [5.41, 5.74) is 7.78. The number of nitrogens with zero attached hydrogens (tertiary/aromatic N) is 1. The highest BCUT2D eigenvalue weighted by molar-refractivity contribution is 7.11. The molecule has 3 N–H and O–H groups in total. The predicted octanol–water partition coefficient (Wildman–Crippen LogP) is 2.93. The fraction of sp³-hybridized carbons (Fsp3) is 0.357. The SMILES string of the molecule is Cc1cnc(C(C)NCCc2ccc(N)cc2)s1. The lowest BCUT2D eigenvalue weighted by Gasteiger charge is -2.11. The molecule has 0 spiro atoms. The molecule has 0 bridgehead atoms. The van der Waals surface area contributed by atoms with Gasteiger partial charge in [-0.2, -0.15) is 0 Å². The molecule has 4 heteroatoms. The number of aromatic nitrogens is 1. The van der Waals surface area contributed by atoms with E-state index in [9.17, 15) is 0 Å². The van der Waals surface area contributed by atoms with Crippen LogP contribution in [0.3, 0.4) is 0 Å². The van der Waals surface area contributed by atoms with Crippen LogP contribution in [-0.4, -0.2) is 11.5 Å². The summed E-state index contributed by atoms with van der Waals surface area (Å²) >= 11 is 1.75. The van der Waals surface area contributed by atoms with Gasteiger partial charge in [-0.25, -0.2) is 4.98 Å². The van der Waals surface area contributed by atoms with Crippen molar-refractivity contribution in [3.8, 4) is 0 Å². The van der Waals surface area contributed by atoms with Gasteiger partial charge in [0.25, 0.3) is 0 Å². The minimum atomic E-state index is 0.317. The van der Waals surface area contributed by atoms with Gasteiger partial charge in [-0.1, -0.05) is 12.1 Å². The molecule has 3 nitrogen and oxygen atoms in total. The molecule has 2 rings (SSSR count). The Bertz CT molecular complexity index is 490. The lowest BCUT2D eigenvalue weighted by Crippen LogP contribution is -2.21. The number of nitrogen functional groups attached to an aromatic ring is 1.